The Balaban J connectivity index is 1.54. The molecule has 3 nitrogen and oxygen atoms in total. The van der Waals surface area contributed by atoms with Crippen molar-refractivity contribution in [1.82, 2.24) is 5.32 Å². The molecule has 1 aliphatic rings. The van der Waals surface area contributed by atoms with Crippen molar-refractivity contribution >= 4 is 17.3 Å². The second-order valence-corrected chi connectivity index (χ2v) is 6.55. The van der Waals surface area contributed by atoms with Crippen molar-refractivity contribution in [3.8, 4) is 0 Å². The number of nitrogens with one attached hydrogen (secondary N) is 1. The largest absolute Gasteiger partial charge is 0.387 e. The second kappa shape index (κ2) is 6.87. The van der Waals surface area contributed by atoms with Crippen LogP contribution in [0, 0.1) is 5.82 Å². The summed E-state index contributed by atoms with van der Waals surface area (Å²) in [6.07, 6.45) is 0.707. The fourth-order valence-electron chi connectivity index (χ4n) is 3.01. The first-order chi connectivity index (χ1) is 11.0. The predicted molar refractivity (Wildman–Crippen MR) is 91.3 cm³/mol. The Labute approximate surface area is 140 Å². The van der Waals surface area contributed by atoms with Gasteiger partial charge in [-0.25, -0.2) is 4.39 Å². The molecule has 0 bridgehead atoms. The van der Waals surface area contributed by atoms with Crippen molar-refractivity contribution in [1.29, 1.82) is 0 Å². The number of para-hydroxylation sites is 1. The lowest BCUT2D eigenvalue weighted by Gasteiger charge is -2.25. The lowest BCUT2D eigenvalue weighted by Crippen LogP contribution is -2.42. The van der Waals surface area contributed by atoms with Gasteiger partial charge >= 0.3 is 0 Å². The Kier molecular flexibility index (Phi) is 4.85. The Morgan fingerprint density at radius 3 is 2.74 bits per heavy atom. The second-order valence-electron chi connectivity index (χ2n) is 6.11. The molecule has 1 saturated heterocycles. The van der Waals surface area contributed by atoms with E-state index in [1.165, 1.54) is 12.1 Å². The Hall–Kier alpha value is -1.62. The van der Waals surface area contributed by atoms with Gasteiger partial charge in [-0.2, -0.15) is 0 Å². The SMILES string of the molecule is OC1(CNCc2cc(F)cc(Cl)c2)CCN(c2ccccc2)C1. The summed E-state index contributed by atoms with van der Waals surface area (Å²) in [6, 6.07) is 14.5. The van der Waals surface area contributed by atoms with Crippen LogP contribution in [0.3, 0.4) is 0 Å². The number of aliphatic hydroxyl groups is 1. The average molecular weight is 335 g/mol. The van der Waals surface area contributed by atoms with Crippen LogP contribution < -0.4 is 10.2 Å². The Morgan fingerprint density at radius 1 is 1.22 bits per heavy atom. The van der Waals surface area contributed by atoms with Crippen molar-refractivity contribution in [2.24, 2.45) is 0 Å². The maximum absolute atomic E-state index is 13.3. The van der Waals surface area contributed by atoms with Crippen LogP contribution in [0.1, 0.15) is 12.0 Å². The summed E-state index contributed by atoms with van der Waals surface area (Å²) in [7, 11) is 0. The van der Waals surface area contributed by atoms with E-state index in [0.717, 1.165) is 17.8 Å². The molecule has 23 heavy (non-hydrogen) atoms. The molecule has 122 valence electrons. The summed E-state index contributed by atoms with van der Waals surface area (Å²) in [6.45, 7) is 2.36. The van der Waals surface area contributed by atoms with Crippen LogP contribution in [0.5, 0.6) is 0 Å². The van der Waals surface area contributed by atoms with Gasteiger partial charge in [-0.3, -0.25) is 0 Å². The van der Waals surface area contributed by atoms with Crippen LogP contribution in [0.2, 0.25) is 5.02 Å². The van der Waals surface area contributed by atoms with Crippen LogP contribution in [-0.2, 0) is 6.54 Å². The third-order valence-electron chi connectivity index (χ3n) is 4.16. The molecule has 1 fully saturated rings. The third-order valence-corrected chi connectivity index (χ3v) is 4.38. The topological polar surface area (TPSA) is 35.5 Å². The molecule has 2 aromatic rings. The molecule has 1 unspecified atom stereocenters. The van der Waals surface area contributed by atoms with Gasteiger partial charge in [0.15, 0.2) is 0 Å². The molecule has 0 amide bonds. The molecule has 0 radical (unpaired) electrons. The van der Waals surface area contributed by atoms with E-state index in [4.69, 9.17) is 11.6 Å². The highest BCUT2D eigenvalue weighted by atomic mass is 35.5. The van der Waals surface area contributed by atoms with Gasteiger partial charge in [0.25, 0.3) is 0 Å². The summed E-state index contributed by atoms with van der Waals surface area (Å²) in [5.74, 6) is -0.343. The molecule has 0 spiro atoms. The van der Waals surface area contributed by atoms with Crippen LogP contribution in [-0.4, -0.2) is 30.3 Å². The first-order valence-electron chi connectivity index (χ1n) is 7.72. The van der Waals surface area contributed by atoms with E-state index in [9.17, 15) is 9.50 Å². The summed E-state index contributed by atoms with van der Waals surface area (Å²) in [5.41, 5.74) is 1.13. The Bertz CT molecular complexity index is 647. The van der Waals surface area contributed by atoms with E-state index >= 15 is 0 Å². The normalized spacial score (nSPS) is 20.9. The van der Waals surface area contributed by atoms with E-state index in [2.05, 4.69) is 10.2 Å². The molecule has 0 aliphatic carbocycles. The number of halogens is 2. The molecule has 0 aromatic heterocycles. The molecule has 2 aromatic carbocycles. The number of anilines is 1. The molecule has 3 rings (SSSR count). The van der Waals surface area contributed by atoms with Gasteiger partial charge in [-0.15, -0.1) is 0 Å². The van der Waals surface area contributed by atoms with Gasteiger partial charge in [0.1, 0.15) is 5.82 Å². The minimum Gasteiger partial charge on any atom is -0.387 e. The Morgan fingerprint density at radius 2 is 2.00 bits per heavy atom. The van der Waals surface area contributed by atoms with Crippen molar-refractivity contribution < 1.29 is 9.50 Å². The number of β-amino-alcohol motifs (C(OH)–C–C–N with tert-alkyl or cyclic N) is 1. The lowest BCUT2D eigenvalue weighted by atomic mass is 10.0. The summed E-state index contributed by atoms with van der Waals surface area (Å²) in [5, 5.41) is 14.3. The number of hydrogen-bond acceptors (Lipinski definition) is 3. The first kappa shape index (κ1) is 16.2. The zero-order chi connectivity index (χ0) is 16.3. The zero-order valence-corrected chi connectivity index (χ0v) is 13.6. The highest BCUT2D eigenvalue weighted by Gasteiger charge is 2.35. The fourth-order valence-corrected chi connectivity index (χ4v) is 3.26. The predicted octanol–water partition coefficient (Wildman–Crippen LogP) is 3.21. The average Bonchev–Trinajstić information content (AvgIpc) is 2.90. The zero-order valence-electron chi connectivity index (χ0n) is 12.8. The number of hydrogen-bond donors (Lipinski definition) is 2. The summed E-state index contributed by atoms with van der Waals surface area (Å²) >= 11 is 5.85. The van der Waals surface area contributed by atoms with E-state index in [1.807, 2.05) is 30.3 Å². The smallest absolute Gasteiger partial charge is 0.125 e. The minimum atomic E-state index is -0.771. The molecule has 1 heterocycles. The van der Waals surface area contributed by atoms with Crippen LogP contribution in [0.15, 0.2) is 48.5 Å². The van der Waals surface area contributed by atoms with Gasteiger partial charge in [0, 0.05) is 36.9 Å². The van der Waals surface area contributed by atoms with E-state index in [0.29, 0.717) is 31.1 Å². The standard InChI is InChI=1S/C18H20ClFN2O/c19-15-8-14(9-16(20)10-15)11-21-12-18(23)6-7-22(13-18)17-4-2-1-3-5-17/h1-5,8-10,21,23H,6-7,11-13H2. The number of benzene rings is 2. The van der Waals surface area contributed by atoms with Gasteiger partial charge in [-0.05, 0) is 42.3 Å². The fraction of sp³-hybridized carbons (Fsp3) is 0.333. The highest BCUT2D eigenvalue weighted by Crippen LogP contribution is 2.26. The molecule has 5 heteroatoms. The van der Waals surface area contributed by atoms with Crippen molar-refractivity contribution in [3.05, 3.63) is 64.9 Å². The number of nitrogens with zero attached hydrogens (tertiary/aromatic N) is 1. The van der Waals surface area contributed by atoms with Gasteiger partial charge in [0.2, 0.25) is 0 Å². The summed E-state index contributed by atoms with van der Waals surface area (Å²) < 4.78 is 13.3. The van der Waals surface area contributed by atoms with Crippen LogP contribution in [0.4, 0.5) is 10.1 Å². The van der Waals surface area contributed by atoms with E-state index in [-0.39, 0.29) is 5.82 Å². The maximum Gasteiger partial charge on any atom is 0.125 e. The van der Waals surface area contributed by atoms with Crippen LogP contribution in [0.25, 0.3) is 0 Å². The van der Waals surface area contributed by atoms with Gasteiger partial charge in [0.05, 0.1) is 5.60 Å². The van der Waals surface area contributed by atoms with Crippen molar-refractivity contribution in [2.45, 2.75) is 18.6 Å². The summed E-state index contributed by atoms with van der Waals surface area (Å²) in [4.78, 5) is 2.18. The van der Waals surface area contributed by atoms with Crippen molar-refractivity contribution in [2.75, 3.05) is 24.5 Å². The highest BCUT2D eigenvalue weighted by molar-refractivity contribution is 6.30. The molecular weight excluding hydrogens is 315 g/mol. The van der Waals surface area contributed by atoms with Gasteiger partial charge in [-0.1, -0.05) is 29.8 Å². The first-order valence-corrected chi connectivity index (χ1v) is 8.10. The molecular formula is C18H20ClFN2O. The molecule has 1 aliphatic heterocycles. The molecule has 0 saturated carbocycles. The maximum atomic E-state index is 13.3. The van der Waals surface area contributed by atoms with Crippen LogP contribution >= 0.6 is 11.6 Å². The molecule has 1 atom stereocenters. The minimum absolute atomic E-state index is 0.343. The van der Waals surface area contributed by atoms with Gasteiger partial charge < -0.3 is 15.3 Å². The van der Waals surface area contributed by atoms with Crippen molar-refractivity contribution in [3.63, 3.8) is 0 Å². The molecule has 2 N–H and O–H groups in total. The quantitative estimate of drug-likeness (QED) is 0.881. The monoisotopic (exact) mass is 334 g/mol. The third kappa shape index (κ3) is 4.22. The lowest BCUT2D eigenvalue weighted by molar-refractivity contribution is 0.0627. The van der Waals surface area contributed by atoms with E-state index in [1.54, 1.807) is 6.07 Å². The van der Waals surface area contributed by atoms with E-state index < -0.39 is 5.60 Å². The number of rotatable bonds is 5.